The van der Waals surface area contributed by atoms with Gasteiger partial charge in [0.25, 0.3) is 0 Å². The van der Waals surface area contributed by atoms with Crippen LogP contribution in [0.2, 0.25) is 0 Å². The topological polar surface area (TPSA) is 67.3 Å². The van der Waals surface area contributed by atoms with Gasteiger partial charge < -0.3 is 5.11 Å². The van der Waals surface area contributed by atoms with Crippen LogP contribution in [0.15, 0.2) is 5.38 Å². The van der Waals surface area contributed by atoms with Crippen LogP contribution in [0.3, 0.4) is 0 Å². The highest BCUT2D eigenvalue weighted by Gasteiger charge is 2.31. The summed E-state index contributed by atoms with van der Waals surface area (Å²) in [5, 5.41) is 11.7. The molecule has 0 aliphatic carbocycles. The molecular formula is C10H15NO3S2. The minimum Gasteiger partial charge on any atom is -0.387 e. The molecule has 6 heteroatoms. The molecule has 90 valence electrons. The summed E-state index contributed by atoms with van der Waals surface area (Å²) in [6.07, 6.45) is 1.43. The Morgan fingerprint density at radius 1 is 1.69 bits per heavy atom. The van der Waals surface area contributed by atoms with Gasteiger partial charge in [-0.05, 0) is 19.8 Å². The Morgan fingerprint density at radius 3 is 2.94 bits per heavy atom. The van der Waals surface area contributed by atoms with Gasteiger partial charge in [0.05, 0.1) is 27.8 Å². The molecule has 1 aromatic heterocycles. The zero-order valence-corrected chi connectivity index (χ0v) is 10.7. The predicted molar refractivity (Wildman–Crippen MR) is 63.3 cm³/mol. The molecule has 0 bridgehead atoms. The van der Waals surface area contributed by atoms with Gasteiger partial charge in [-0.3, -0.25) is 0 Å². The van der Waals surface area contributed by atoms with Crippen LogP contribution in [0.5, 0.6) is 0 Å². The summed E-state index contributed by atoms with van der Waals surface area (Å²) in [6, 6.07) is 0. The molecule has 1 aliphatic rings. The highest BCUT2D eigenvalue weighted by Crippen LogP contribution is 2.25. The van der Waals surface area contributed by atoms with Crippen molar-refractivity contribution in [1.82, 2.24) is 4.98 Å². The van der Waals surface area contributed by atoms with E-state index < -0.39 is 15.9 Å². The lowest BCUT2D eigenvalue weighted by Gasteiger charge is -2.06. The SMILES string of the molecule is CC(O)c1csc(CC2CCCS2(=O)=O)n1. The monoisotopic (exact) mass is 261 g/mol. The fourth-order valence-corrected chi connectivity index (χ4v) is 4.80. The second-order valence-electron chi connectivity index (χ2n) is 4.18. The standard InChI is InChI=1S/C10H15NO3S2/c1-7(12)9-6-15-10(11-9)5-8-3-2-4-16(8,13)14/h6-8,12H,2-5H2,1H3. The zero-order chi connectivity index (χ0) is 11.8. The first-order chi connectivity index (χ1) is 7.49. The average molecular weight is 261 g/mol. The van der Waals surface area contributed by atoms with Crippen LogP contribution in [0, 0.1) is 0 Å². The van der Waals surface area contributed by atoms with Gasteiger partial charge in [0.2, 0.25) is 0 Å². The summed E-state index contributed by atoms with van der Waals surface area (Å²) in [5.74, 6) is 0.312. The fraction of sp³-hybridized carbons (Fsp3) is 0.700. The smallest absolute Gasteiger partial charge is 0.153 e. The van der Waals surface area contributed by atoms with E-state index in [0.717, 1.165) is 17.8 Å². The van der Waals surface area contributed by atoms with E-state index in [4.69, 9.17) is 0 Å². The van der Waals surface area contributed by atoms with Gasteiger partial charge >= 0.3 is 0 Å². The van der Waals surface area contributed by atoms with Crippen molar-refractivity contribution in [3.63, 3.8) is 0 Å². The molecule has 1 aliphatic heterocycles. The summed E-state index contributed by atoms with van der Waals surface area (Å²) >= 11 is 1.43. The van der Waals surface area contributed by atoms with Crippen LogP contribution >= 0.6 is 11.3 Å². The Labute approximate surface area is 99.3 Å². The molecule has 4 nitrogen and oxygen atoms in total. The number of aliphatic hydroxyl groups is 1. The minimum absolute atomic E-state index is 0.263. The number of hydrogen-bond donors (Lipinski definition) is 1. The molecule has 0 spiro atoms. The molecule has 2 rings (SSSR count). The number of aromatic nitrogens is 1. The summed E-state index contributed by atoms with van der Waals surface area (Å²) in [7, 11) is -2.89. The largest absolute Gasteiger partial charge is 0.387 e. The Morgan fingerprint density at radius 2 is 2.44 bits per heavy atom. The molecule has 1 fully saturated rings. The lowest BCUT2D eigenvalue weighted by atomic mass is 10.2. The summed E-state index contributed by atoms with van der Waals surface area (Å²) < 4.78 is 23.3. The quantitative estimate of drug-likeness (QED) is 0.891. The van der Waals surface area contributed by atoms with E-state index in [1.165, 1.54) is 11.3 Å². The number of thiazole rings is 1. The lowest BCUT2D eigenvalue weighted by Crippen LogP contribution is -2.18. The molecule has 0 saturated carbocycles. The summed E-state index contributed by atoms with van der Waals surface area (Å²) in [6.45, 7) is 1.66. The van der Waals surface area contributed by atoms with Crippen molar-refractivity contribution in [2.45, 2.75) is 37.5 Å². The predicted octanol–water partition coefficient (Wildman–Crippen LogP) is 1.32. The van der Waals surface area contributed by atoms with E-state index in [1.54, 1.807) is 12.3 Å². The first-order valence-corrected chi connectivity index (χ1v) is 7.92. The fourth-order valence-electron chi connectivity index (χ4n) is 1.89. The van der Waals surface area contributed by atoms with Crippen molar-refractivity contribution in [2.24, 2.45) is 0 Å². The van der Waals surface area contributed by atoms with Crippen molar-refractivity contribution in [3.8, 4) is 0 Å². The molecule has 1 N–H and O–H groups in total. The Kier molecular flexibility index (Phi) is 3.32. The second kappa shape index (κ2) is 4.43. The van der Waals surface area contributed by atoms with Crippen LogP contribution in [-0.2, 0) is 16.3 Å². The third-order valence-corrected chi connectivity index (χ3v) is 6.03. The van der Waals surface area contributed by atoms with Gasteiger partial charge in [-0.2, -0.15) is 0 Å². The van der Waals surface area contributed by atoms with Gasteiger partial charge in [-0.15, -0.1) is 11.3 Å². The summed E-state index contributed by atoms with van der Waals surface area (Å²) in [4.78, 5) is 4.24. The van der Waals surface area contributed by atoms with Crippen molar-refractivity contribution in [2.75, 3.05) is 5.75 Å². The lowest BCUT2D eigenvalue weighted by molar-refractivity contribution is 0.195. The van der Waals surface area contributed by atoms with Crippen LogP contribution in [-0.4, -0.2) is 29.5 Å². The van der Waals surface area contributed by atoms with Crippen LogP contribution in [0.1, 0.15) is 36.6 Å². The number of hydrogen-bond acceptors (Lipinski definition) is 5. The highest BCUT2D eigenvalue weighted by atomic mass is 32.2. The minimum atomic E-state index is -2.89. The third-order valence-electron chi connectivity index (χ3n) is 2.86. The van der Waals surface area contributed by atoms with Crippen LogP contribution in [0.4, 0.5) is 0 Å². The van der Waals surface area contributed by atoms with Gasteiger partial charge in [0.1, 0.15) is 0 Å². The average Bonchev–Trinajstić information content (AvgIpc) is 2.75. The Balaban J connectivity index is 2.09. The second-order valence-corrected chi connectivity index (χ2v) is 7.52. The molecule has 2 heterocycles. The molecule has 2 atom stereocenters. The van der Waals surface area contributed by atoms with E-state index in [-0.39, 0.29) is 5.25 Å². The number of aliphatic hydroxyl groups excluding tert-OH is 1. The molecule has 0 amide bonds. The first kappa shape index (κ1) is 12.0. The number of sulfone groups is 1. The molecule has 0 aromatic carbocycles. The van der Waals surface area contributed by atoms with Gasteiger partial charge in [-0.25, -0.2) is 13.4 Å². The van der Waals surface area contributed by atoms with E-state index in [9.17, 15) is 13.5 Å². The third kappa shape index (κ3) is 2.44. The maximum atomic E-state index is 11.6. The highest BCUT2D eigenvalue weighted by molar-refractivity contribution is 7.92. The molecule has 0 radical (unpaired) electrons. The maximum absolute atomic E-state index is 11.6. The normalized spacial score (nSPS) is 25.8. The van der Waals surface area contributed by atoms with Gasteiger partial charge in [0.15, 0.2) is 9.84 Å². The molecule has 1 saturated heterocycles. The van der Waals surface area contributed by atoms with Crippen molar-refractivity contribution < 1.29 is 13.5 Å². The molecule has 2 unspecified atom stereocenters. The Hall–Kier alpha value is -0.460. The molecule has 16 heavy (non-hydrogen) atoms. The van der Waals surface area contributed by atoms with Gasteiger partial charge in [-0.1, -0.05) is 0 Å². The summed E-state index contributed by atoms with van der Waals surface area (Å²) in [5.41, 5.74) is 0.635. The van der Waals surface area contributed by atoms with Crippen molar-refractivity contribution >= 4 is 21.2 Å². The van der Waals surface area contributed by atoms with E-state index in [2.05, 4.69) is 4.98 Å². The first-order valence-electron chi connectivity index (χ1n) is 5.33. The van der Waals surface area contributed by atoms with E-state index >= 15 is 0 Å². The number of nitrogens with zero attached hydrogens (tertiary/aromatic N) is 1. The number of rotatable bonds is 3. The van der Waals surface area contributed by atoms with E-state index in [0.29, 0.717) is 17.9 Å². The van der Waals surface area contributed by atoms with Crippen LogP contribution < -0.4 is 0 Å². The van der Waals surface area contributed by atoms with Gasteiger partial charge in [0, 0.05) is 11.8 Å². The van der Waals surface area contributed by atoms with Crippen molar-refractivity contribution in [1.29, 1.82) is 0 Å². The van der Waals surface area contributed by atoms with Crippen molar-refractivity contribution in [3.05, 3.63) is 16.1 Å². The van der Waals surface area contributed by atoms with E-state index in [1.807, 2.05) is 0 Å². The maximum Gasteiger partial charge on any atom is 0.153 e. The van der Waals surface area contributed by atoms with Crippen LogP contribution in [0.25, 0.3) is 0 Å². The Bertz CT molecular complexity index is 464. The zero-order valence-electron chi connectivity index (χ0n) is 9.09. The molecular weight excluding hydrogens is 246 g/mol. The molecule has 1 aromatic rings.